The Morgan fingerprint density at radius 2 is 2.00 bits per heavy atom. The number of pyridine rings is 1. The number of benzene rings is 1. The Balaban J connectivity index is 1.80. The van der Waals surface area contributed by atoms with Crippen molar-refractivity contribution >= 4 is 21.6 Å². The van der Waals surface area contributed by atoms with E-state index in [4.69, 9.17) is 0 Å². The van der Waals surface area contributed by atoms with Gasteiger partial charge in [-0.05, 0) is 53.8 Å². The second kappa shape index (κ2) is 4.74. The van der Waals surface area contributed by atoms with Gasteiger partial charge in [-0.2, -0.15) is 0 Å². The van der Waals surface area contributed by atoms with Crippen molar-refractivity contribution in [2.45, 2.75) is 18.4 Å². The van der Waals surface area contributed by atoms with Gasteiger partial charge in [0, 0.05) is 28.5 Å². The summed E-state index contributed by atoms with van der Waals surface area (Å²) in [6.07, 6.45) is 9.58. The van der Waals surface area contributed by atoms with E-state index in [0.29, 0.717) is 17.9 Å². The Hall–Kier alpha value is -1.61. The van der Waals surface area contributed by atoms with Gasteiger partial charge in [0.1, 0.15) is 0 Å². The van der Waals surface area contributed by atoms with Gasteiger partial charge in [-0.15, -0.1) is 0 Å². The zero-order valence-corrected chi connectivity index (χ0v) is 12.5. The molecule has 3 atom stereocenters. The van der Waals surface area contributed by atoms with Crippen LogP contribution in [-0.2, 0) is 0 Å². The molecule has 0 amide bonds. The average molecular weight is 327 g/mol. The van der Waals surface area contributed by atoms with Crippen LogP contribution in [0, 0.1) is 5.92 Å². The van der Waals surface area contributed by atoms with Crippen LogP contribution in [0.15, 0.2) is 59.4 Å². The van der Waals surface area contributed by atoms with E-state index in [1.54, 1.807) is 0 Å². The van der Waals surface area contributed by atoms with Crippen LogP contribution >= 0.6 is 15.9 Å². The number of hydrogen-bond donors (Lipinski definition) is 1. The van der Waals surface area contributed by atoms with Crippen molar-refractivity contribution < 1.29 is 0 Å². The van der Waals surface area contributed by atoms with Crippen molar-refractivity contribution in [2.75, 3.05) is 5.32 Å². The standard InChI is InChI=1S/C17H15BrN2/c18-12-4-5-16-15(10-12)13-2-1-3-14(13)17(20-16)11-6-8-19-9-7-11/h1-2,4-10,13-14,17,20H,3H2/t13-,14+,17+/m1/s1. The fourth-order valence-electron chi connectivity index (χ4n) is 3.47. The van der Waals surface area contributed by atoms with Gasteiger partial charge in [-0.1, -0.05) is 28.1 Å². The summed E-state index contributed by atoms with van der Waals surface area (Å²) < 4.78 is 1.15. The molecule has 1 aliphatic carbocycles. The topological polar surface area (TPSA) is 24.9 Å². The SMILES string of the molecule is Brc1ccc2c(c1)[C@@H]1C=CC[C@@H]1[C@H](c1ccncc1)N2. The third kappa shape index (κ3) is 1.88. The van der Waals surface area contributed by atoms with Crippen molar-refractivity contribution in [3.8, 4) is 0 Å². The third-order valence-electron chi connectivity index (χ3n) is 4.39. The Kier molecular flexibility index (Phi) is 2.88. The predicted molar refractivity (Wildman–Crippen MR) is 84.7 cm³/mol. The molecular formula is C17H15BrN2. The maximum Gasteiger partial charge on any atom is 0.0555 e. The predicted octanol–water partition coefficient (Wildman–Crippen LogP) is 4.67. The van der Waals surface area contributed by atoms with Crippen molar-refractivity contribution in [2.24, 2.45) is 5.92 Å². The van der Waals surface area contributed by atoms with Gasteiger partial charge in [-0.3, -0.25) is 4.98 Å². The van der Waals surface area contributed by atoms with E-state index in [0.717, 1.165) is 10.9 Å². The number of hydrogen-bond acceptors (Lipinski definition) is 2. The van der Waals surface area contributed by atoms with Crippen molar-refractivity contribution in [1.82, 2.24) is 4.98 Å². The number of halogens is 1. The molecule has 3 heteroatoms. The molecule has 0 spiro atoms. The summed E-state index contributed by atoms with van der Waals surface area (Å²) in [7, 11) is 0. The van der Waals surface area contributed by atoms with Crippen LogP contribution in [0.2, 0.25) is 0 Å². The average Bonchev–Trinajstić information content (AvgIpc) is 2.97. The highest BCUT2D eigenvalue weighted by Crippen LogP contribution is 2.50. The number of allylic oxidation sites excluding steroid dienone is 2. The lowest BCUT2D eigenvalue weighted by atomic mass is 9.77. The number of nitrogens with one attached hydrogen (secondary N) is 1. The van der Waals surface area contributed by atoms with Gasteiger partial charge < -0.3 is 5.32 Å². The van der Waals surface area contributed by atoms with E-state index in [1.807, 2.05) is 12.4 Å². The largest absolute Gasteiger partial charge is 0.378 e. The zero-order valence-electron chi connectivity index (χ0n) is 11.0. The summed E-state index contributed by atoms with van der Waals surface area (Å²) in [6.45, 7) is 0. The second-order valence-corrected chi connectivity index (χ2v) is 6.40. The molecule has 0 saturated carbocycles. The molecule has 1 aromatic carbocycles. The minimum atomic E-state index is 0.367. The van der Waals surface area contributed by atoms with Gasteiger partial charge in [-0.25, -0.2) is 0 Å². The lowest BCUT2D eigenvalue weighted by molar-refractivity contribution is 0.425. The van der Waals surface area contributed by atoms with Crippen molar-refractivity contribution in [3.05, 3.63) is 70.5 Å². The van der Waals surface area contributed by atoms with E-state index in [9.17, 15) is 0 Å². The highest BCUT2D eigenvalue weighted by molar-refractivity contribution is 9.10. The highest BCUT2D eigenvalue weighted by atomic mass is 79.9. The molecule has 4 rings (SSSR count). The third-order valence-corrected chi connectivity index (χ3v) is 4.88. The molecule has 2 aliphatic rings. The zero-order chi connectivity index (χ0) is 13.5. The first-order valence-corrected chi connectivity index (χ1v) is 7.75. The number of anilines is 1. The monoisotopic (exact) mass is 326 g/mol. The molecule has 20 heavy (non-hydrogen) atoms. The van der Waals surface area contributed by atoms with E-state index < -0.39 is 0 Å². The van der Waals surface area contributed by atoms with Gasteiger partial charge in [0.25, 0.3) is 0 Å². The minimum absolute atomic E-state index is 0.367. The molecule has 2 aromatic rings. The highest BCUT2D eigenvalue weighted by Gasteiger charge is 2.37. The molecule has 0 radical (unpaired) electrons. The lowest BCUT2D eigenvalue weighted by Gasteiger charge is -2.37. The lowest BCUT2D eigenvalue weighted by Crippen LogP contribution is -2.29. The van der Waals surface area contributed by atoms with Crippen LogP contribution in [0.5, 0.6) is 0 Å². The molecule has 1 N–H and O–H groups in total. The molecule has 0 unspecified atom stereocenters. The van der Waals surface area contributed by atoms with E-state index >= 15 is 0 Å². The fourth-order valence-corrected chi connectivity index (χ4v) is 3.84. The van der Waals surface area contributed by atoms with E-state index in [2.05, 4.69) is 68.7 Å². The second-order valence-electron chi connectivity index (χ2n) is 5.49. The van der Waals surface area contributed by atoms with Crippen molar-refractivity contribution in [1.29, 1.82) is 0 Å². The quantitative estimate of drug-likeness (QED) is 0.770. The Bertz CT molecular complexity index is 666. The Labute approximate surface area is 127 Å². The first-order chi connectivity index (χ1) is 9.83. The molecule has 2 nitrogen and oxygen atoms in total. The van der Waals surface area contributed by atoms with Gasteiger partial charge in [0.15, 0.2) is 0 Å². The molecule has 0 saturated heterocycles. The fraction of sp³-hybridized carbons (Fsp3) is 0.235. The van der Waals surface area contributed by atoms with Gasteiger partial charge in [0.2, 0.25) is 0 Å². The van der Waals surface area contributed by atoms with Crippen LogP contribution in [0.4, 0.5) is 5.69 Å². The minimum Gasteiger partial charge on any atom is -0.378 e. The summed E-state index contributed by atoms with van der Waals surface area (Å²) in [4.78, 5) is 4.13. The van der Waals surface area contributed by atoms with Crippen LogP contribution in [0.3, 0.4) is 0 Å². The number of fused-ring (bicyclic) bond motifs is 3. The summed E-state index contributed by atoms with van der Waals surface area (Å²) in [6, 6.07) is 11.1. The molecule has 0 bridgehead atoms. The van der Waals surface area contributed by atoms with E-state index in [-0.39, 0.29) is 0 Å². The number of aromatic nitrogens is 1. The van der Waals surface area contributed by atoms with Gasteiger partial charge in [0.05, 0.1) is 6.04 Å². The first kappa shape index (κ1) is 12.2. The first-order valence-electron chi connectivity index (χ1n) is 6.95. The van der Waals surface area contributed by atoms with Crippen LogP contribution in [0.1, 0.15) is 29.5 Å². The summed E-state index contributed by atoms with van der Waals surface area (Å²) in [5.41, 5.74) is 3.98. The maximum atomic E-state index is 4.13. The molecule has 2 heterocycles. The molecule has 0 fully saturated rings. The number of nitrogens with zero attached hydrogens (tertiary/aromatic N) is 1. The van der Waals surface area contributed by atoms with Crippen LogP contribution < -0.4 is 5.32 Å². The molecular weight excluding hydrogens is 312 g/mol. The normalized spacial score (nSPS) is 26.8. The van der Waals surface area contributed by atoms with Crippen molar-refractivity contribution in [3.63, 3.8) is 0 Å². The Morgan fingerprint density at radius 3 is 2.85 bits per heavy atom. The Morgan fingerprint density at radius 1 is 1.15 bits per heavy atom. The molecule has 100 valence electrons. The summed E-state index contributed by atoms with van der Waals surface area (Å²) >= 11 is 3.59. The summed E-state index contributed by atoms with van der Waals surface area (Å²) in [5.74, 6) is 1.11. The molecule has 1 aromatic heterocycles. The van der Waals surface area contributed by atoms with Crippen LogP contribution in [0.25, 0.3) is 0 Å². The molecule has 1 aliphatic heterocycles. The smallest absolute Gasteiger partial charge is 0.0555 e. The number of rotatable bonds is 1. The van der Waals surface area contributed by atoms with Crippen LogP contribution in [-0.4, -0.2) is 4.98 Å². The van der Waals surface area contributed by atoms with E-state index in [1.165, 1.54) is 16.8 Å². The van der Waals surface area contributed by atoms with Gasteiger partial charge >= 0.3 is 0 Å². The summed E-state index contributed by atoms with van der Waals surface area (Å²) in [5, 5.41) is 3.72. The maximum absolute atomic E-state index is 4.13.